The molecular formula is C16H22O4S. The molecule has 0 saturated carbocycles. The molecule has 3 rings (SSSR count). The summed E-state index contributed by atoms with van der Waals surface area (Å²) in [4.78, 5) is 0. The normalized spacial score (nSPS) is 39.8. The molecular weight excluding hydrogens is 288 g/mol. The predicted molar refractivity (Wildman–Crippen MR) is 82.0 cm³/mol. The number of rotatable bonds is 3. The van der Waals surface area contributed by atoms with E-state index in [1.807, 2.05) is 37.3 Å². The van der Waals surface area contributed by atoms with Crippen molar-refractivity contribution in [3.05, 3.63) is 35.9 Å². The highest BCUT2D eigenvalue weighted by Gasteiger charge is 2.47. The third kappa shape index (κ3) is 3.12. The van der Waals surface area contributed by atoms with Gasteiger partial charge in [-0.1, -0.05) is 44.2 Å². The summed E-state index contributed by atoms with van der Waals surface area (Å²) in [5.41, 5.74) is 0.979. The third-order valence-corrected chi connectivity index (χ3v) is 5.28. The fourth-order valence-electron chi connectivity index (χ4n) is 2.86. The van der Waals surface area contributed by atoms with Crippen LogP contribution >= 0.6 is 11.8 Å². The van der Waals surface area contributed by atoms with Gasteiger partial charge in [0.1, 0.15) is 17.6 Å². The Bertz CT molecular complexity index is 453. The summed E-state index contributed by atoms with van der Waals surface area (Å²) in [7, 11) is 0. The van der Waals surface area contributed by atoms with Crippen molar-refractivity contribution in [1.29, 1.82) is 0 Å². The number of ether oxygens (including phenoxy) is 3. The van der Waals surface area contributed by atoms with Crippen molar-refractivity contribution in [3.63, 3.8) is 0 Å². The van der Waals surface area contributed by atoms with Crippen LogP contribution in [0.15, 0.2) is 30.3 Å². The first-order valence-electron chi connectivity index (χ1n) is 7.48. The number of hydrogen-bond acceptors (Lipinski definition) is 5. The summed E-state index contributed by atoms with van der Waals surface area (Å²) in [6.45, 7) is 4.57. The Kier molecular flexibility index (Phi) is 4.86. The first-order valence-corrected chi connectivity index (χ1v) is 8.52. The summed E-state index contributed by atoms with van der Waals surface area (Å²) in [5.74, 6) is 1.01. The Labute approximate surface area is 129 Å². The highest BCUT2D eigenvalue weighted by atomic mass is 32.2. The topological polar surface area (TPSA) is 47.9 Å². The van der Waals surface area contributed by atoms with E-state index in [1.165, 1.54) is 0 Å². The molecule has 2 aliphatic heterocycles. The van der Waals surface area contributed by atoms with Crippen LogP contribution < -0.4 is 0 Å². The molecule has 4 nitrogen and oxygen atoms in total. The molecule has 1 aromatic carbocycles. The van der Waals surface area contributed by atoms with Crippen LogP contribution in [0.1, 0.15) is 25.7 Å². The smallest absolute Gasteiger partial charge is 0.184 e. The molecule has 0 amide bonds. The molecule has 5 heteroatoms. The average molecular weight is 310 g/mol. The Balaban J connectivity index is 1.71. The second-order valence-electron chi connectivity index (χ2n) is 5.52. The molecule has 2 aliphatic rings. The maximum atomic E-state index is 10.6. The fraction of sp³-hybridized carbons (Fsp3) is 0.625. The molecule has 2 fully saturated rings. The van der Waals surface area contributed by atoms with Gasteiger partial charge in [-0.25, -0.2) is 0 Å². The Morgan fingerprint density at radius 1 is 1.24 bits per heavy atom. The molecule has 0 spiro atoms. The molecule has 0 radical (unpaired) electrons. The number of thioether (sulfide) groups is 1. The molecule has 0 aromatic heterocycles. The van der Waals surface area contributed by atoms with Crippen molar-refractivity contribution in [2.45, 2.75) is 43.9 Å². The number of aliphatic hydroxyl groups is 1. The molecule has 21 heavy (non-hydrogen) atoms. The number of aliphatic hydroxyl groups excluding tert-OH is 1. The maximum absolute atomic E-state index is 10.6. The van der Waals surface area contributed by atoms with Crippen LogP contribution in [-0.4, -0.2) is 41.2 Å². The van der Waals surface area contributed by atoms with Gasteiger partial charge in [0.25, 0.3) is 0 Å². The van der Waals surface area contributed by atoms with E-state index in [2.05, 4.69) is 6.92 Å². The van der Waals surface area contributed by atoms with E-state index in [9.17, 15) is 5.11 Å². The summed E-state index contributed by atoms with van der Waals surface area (Å²) >= 11 is 1.72. The van der Waals surface area contributed by atoms with Gasteiger partial charge in [-0.3, -0.25) is 0 Å². The largest absolute Gasteiger partial charge is 0.390 e. The van der Waals surface area contributed by atoms with Crippen LogP contribution in [-0.2, 0) is 14.2 Å². The molecule has 6 atom stereocenters. The van der Waals surface area contributed by atoms with Crippen LogP contribution in [0.25, 0.3) is 0 Å². The second kappa shape index (κ2) is 6.67. The minimum Gasteiger partial charge on any atom is -0.390 e. The highest BCUT2D eigenvalue weighted by Crippen LogP contribution is 2.39. The van der Waals surface area contributed by atoms with E-state index in [4.69, 9.17) is 14.2 Å². The lowest BCUT2D eigenvalue weighted by Gasteiger charge is -2.47. The predicted octanol–water partition coefficient (Wildman–Crippen LogP) is 2.58. The van der Waals surface area contributed by atoms with Crippen molar-refractivity contribution < 1.29 is 19.3 Å². The van der Waals surface area contributed by atoms with Gasteiger partial charge in [0.2, 0.25) is 0 Å². The van der Waals surface area contributed by atoms with Crippen LogP contribution in [0, 0.1) is 5.92 Å². The standard InChI is InChI=1S/C16H22O4S/c1-3-21-16-10(2)13(17)14-12(19-16)9-18-15(20-14)11-7-5-4-6-8-11/h4-8,10,12-17H,3,9H2,1-2H3/t10?,12?,13-,14-,15?,16+/m1/s1. The summed E-state index contributed by atoms with van der Waals surface area (Å²) < 4.78 is 17.8. The summed E-state index contributed by atoms with van der Waals surface area (Å²) in [6.07, 6.45) is -1.47. The van der Waals surface area contributed by atoms with Gasteiger partial charge in [0, 0.05) is 11.5 Å². The molecule has 1 aromatic rings. The van der Waals surface area contributed by atoms with Crippen molar-refractivity contribution in [2.24, 2.45) is 5.92 Å². The number of fused-ring (bicyclic) bond motifs is 1. The molecule has 0 bridgehead atoms. The van der Waals surface area contributed by atoms with E-state index in [1.54, 1.807) is 11.8 Å². The molecule has 1 N–H and O–H groups in total. The van der Waals surface area contributed by atoms with E-state index in [0.717, 1.165) is 11.3 Å². The van der Waals surface area contributed by atoms with Crippen LogP contribution in [0.3, 0.4) is 0 Å². The van der Waals surface area contributed by atoms with Crippen molar-refractivity contribution in [3.8, 4) is 0 Å². The van der Waals surface area contributed by atoms with Gasteiger partial charge in [0.05, 0.1) is 12.7 Å². The van der Waals surface area contributed by atoms with Gasteiger partial charge in [-0.05, 0) is 5.75 Å². The number of benzene rings is 1. The van der Waals surface area contributed by atoms with Gasteiger partial charge in [-0.2, -0.15) is 0 Å². The Morgan fingerprint density at radius 2 is 2.00 bits per heavy atom. The molecule has 116 valence electrons. The first-order chi connectivity index (χ1) is 10.2. The molecule has 2 saturated heterocycles. The molecule has 3 unspecified atom stereocenters. The van der Waals surface area contributed by atoms with E-state index in [-0.39, 0.29) is 23.6 Å². The lowest BCUT2D eigenvalue weighted by molar-refractivity contribution is -0.311. The lowest BCUT2D eigenvalue weighted by atomic mass is 9.93. The molecule has 0 aliphatic carbocycles. The Hall–Kier alpha value is -0.590. The molecule has 2 heterocycles. The van der Waals surface area contributed by atoms with Gasteiger partial charge in [-0.15, -0.1) is 11.8 Å². The van der Waals surface area contributed by atoms with Crippen LogP contribution in [0.4, 0.5) is 0 Å². The zero-order valence-corrected chi connectivity index (χ0v) is 13.2. The maximum Gasteiger partial charge on any atom is 0.184 e. The second-order valence-corrected chi connectivity index (χ2v) is 6.90. The van der Waals surface area contributed by atoms with Crippen molar-refractivity contribution in [2.75, 3.05) is 12.4 Å². The minimum atomic E-state index is -0.525. The monoisotopic (exact) mass is 310 g/mol. The first kappa shape index (κ1) is 15.3. The summed E-state index contributed by atoms with van der Waals surface area (Å²) in [5, 5.41) is 10.6. The van der Waals surface area contributed by atoms with E-state index < -0.39 is 12.4 Å². The van der Waals surface area contributed by atoms with Crippen LogP contribution in [0.5, 0.6) is 0 Å². The zero-order valence-electron chi connectivity index (χ0n) is 12.3. The van der Waals surface area contributed by atoms with E-state index >= 15 is 0 Å². The van der Waals surface area contributed by atoms with E-state index in [0.29, 0.717) is 6.61 Å². The average Bonchev–Trinajstić information content (AvgIpc) is 2.53. The van der Waals surface area contributed by atoms with Gasteiger partial charge in [0.15, 0.2) is 6.29 Å². The quantitative estimate of drug-likeness (QED) is 0.930. The number of hydrogen-bond donors (Lipinski definition) is 1. The fourth-order valence-corrected chi connectivity index (χ4v) is 3.87. The zero-order chi connectivity index (χ0) is 14.8. The Morgan fingerprint density at radius 3 is 2.71 bits per heavy atom. The highest BCUT2D eigenvalue weighted by molar-refractivity contribution is 7.99. The third-order valence-electron chi connectivity index (χ3n) is 4.08. The SMILES string of the molecule is CCS[C@@H]1OC2COC(c3ccccc3)O[C@H]2[C@H](O)C1C. The lowest BCUT2D eigenvalue weighted by Crippen LogP contribution is -2.57. The van der Waals surface area contributed by atoms with Crippen molar-refractivity contribution >= 4 is 11.8 Å². The van der Waals surface area contributed by atoms with Gasteiger partial charge >= 0.3 is 0 Å². The summed E-state index contributed by atoms with van der Waals surface area (Å²) in [6, 6.07) is 9.82. The van der Waals surface area contributed by atoms with Crippen LogP contribution in [0.2, 0.25) is 0 Å². The minimum absolute atomic E-state index is 0.00623. The van der Waals surface area contributed by atoms with Crippen molar-refractivity contribution in [1.82, 2.24) is 0 Å². The van der Waals surface area contributed by atoms with Gasteiger partial charge < -0.3 is 19.3 Å².